The van der Waals surface area contributed by atoms with Crippen LogP contribution >= 0.6 is 0 Å². The molecule has 10 atom stereocenters. The van der Waals surface area contributed by atoms with E-state index < -0.39 is 93.6 Å². The summed E-state index contributed by atoms with van der Waals surface area (Å²) in [7, 11) is 0. The van der Waals surface area contributed by atoms with E-state index in [1.54, 1.807) is 52.0 Å². The second-order valence-electron chi connectivity index (χ2n) is 13.6. The number of rotatable bonds is 4. The van der Waals surface area contributed by atoms with E-state index >= 15 is 0 Å². The molecule has 0 aromatic heterocycles. The highest BCUT2D eigenvalue weighted by Gasteiger charge is 2.80. The summed E-state index contributed by atoms with van der Waals surface area (Å²) >= 11 is 0. The first kappa shape index (κ1) is 32.6. The van der Waals surface area contributed by atoms with Crippen LogP contribution in [0.2, 0.25) is 0 Å². The minimum absolute atomic E-state index is 0.171. The number of aliphatic hydroxyl groups is 4. The zero-order valence-corrected chi connectivity index (χ0v) is 25.9. The molecule has 12 nitrogen and oxygen atoms in total. The van der Waals surface area contributed by atoms with Gasteiger partial charge in [-0.3, -0.25) is 19.7 Å². The lowest BCUT2D eigenvalue weighted by molar-refractivity contribution is -0.306. The number of nitrogens with two attached hydrogens (primary N) is 1. The molecule has 0 heterocycles. The van der Waals surface area contributed by atoms with Gasteiger partial charge in [0.1, 0.15) is 23.5 Å². The van der Waals surface area contributed by atoms with Gasteiger partial charge in [-0.25, -0.2) is 4.79 Å². The van der Waals surface area contributed by atoms with Crippen LogP contribution < -0.4 is 15.8 Å². The van der Waals surface area contributed by atoms with Crippen LogP contribution in [0.25, 0.3) is 0 Å². The first-order valence-electron chi connectivity index (χ1n) is 14.9. The monoisotopic (exact) mass is 624 g/mol. The molecule has 3 aliphatic carbocycles. The standard InChI is InChI=1S/C33H40N2O10/c1-13(2)21-25(38)20(28(34)41)26(39)33(44)27(40)22-24(37)19-17(15(4)31(22,5)29(42)32(21,33)6)11-12-18(23(19)36)35-30(43)45-16-9-7-14(3)8-10-16/h7-13,15,20-22,25,27,29,36,38,40,42,44H,1-6H3,(H2,34,41)(H,35,43)/t15-,20-,21+,22-,25?,27?,29-,31+,32+,33+/m1/s1. The zero-order chi connectivity index (χ0) is 33.5. The van der Waals surface area contributed by atoms with Gasteiger partial charge in [-0.05, 0) is 48.4 Å². The van der Waals surface area contributed by atoms with Crippen molar-refractivity contribution in [2.24, 2.45) is 40.2 Å². The number of amides is 2. The highest BCUT2D eigenvalue weighted by atomic mass is 16.6. The maximum absolute atomic E-state index is 14.3. The van der Waals surface area contributed by atoms with Crippen LogP contribution in [0.3, 0.4) is 0 Å². The number of aryl methyl sites for hydroxylation is 1. The van der Waals surface area contributed by atoms with Gasteiger partial charge in [0.2, 0.25) is 5.91 Å². The third-order valence-corrected chi connectivity index (χ3v) is 11.1. The van der Waals surface area contributed by atoms with Crippen molar-refractivity contribution in [1.82, 2.24) is 0 Å². The van der Waals surface area contributed by atoms with E-state index in [1.807, 2.05) is 6.92 Å². The molecule has 8 N–H and O–H groups in total. The molecule has 0 spiro atoms. The summed E-state index contributed by atoms with van der Waals surface area (Å²) in [6, 6.07) is 9.54. The average Bonchev–Trinajstić information content (AvgIpc) is 2.95. The molecule has 2 aromatic rings. The van der Waals surface area contributed by atoms with Gasteiger partial charge >= 0.3 is 6.09 Å². The van der Waals surface area contributed by atoms with Crippen LogP contribution in [0.1, 0.15) is 62.0 Å². The van der Waals surface area contributed by atoms with Crippen molar-refractivity contribution >= 4 is 29.3 Å². The second kappa shape index (κ2) is 10.6. The summed E-state index contributed by atoms with van der Waals surface area (Å²) in [6.45, 7) is 9.84. The Kier molecular flexibility index (Phi) is 7.68. The minimum atomic E-state index is -2.89. The number of aromatic hydroxyl groups is 1. The predicted molar refractivity (Wildman–Crippen MR) is 160 cm³/mol. The Balaban J connectivity index is 1.62. The van der Waals surface area contributed by atoms with Crippen LogP contribution in [-0.4, -0.2) is 73.0 Å². The number of carbonyl (C=O) groups is 4. The number of fused-ring (bicyclic) bond motifs is 3. The first-order chi connectivity index (χ1) is 20.9. The van der Waals surface area contributed by atoms with Gasteiger partial charge in [0.05, 0.1) is 29.4 Å². The summed E-state index contributed by atoms with van der Waals surface area (Å²) < 4.78 is 5.27. The number of Topliss-reactive ketones (excluding diaryl/α,β-unsaturated/α-hetero) is 2. The second-order valence-corrected chi connectivity index (χ2v) is 13.6. The third-order valence-electron chi connectivity index (χ3n) is 11.1. The Morgan fingerprint density at radius 2 is 1.62 bits per heavy atom. The van der Waals surface area contributed by atoms with Crippen molar-refractivity contribution in [3.63, 3.8) is 0 Å². The fourth-order valence-corrected chi connectivity index (χ4v) is 8.71. The van der Waals surface area contributed by atoms with Gasteiger partial charge in [-0.2, -0.15) is 0 Å². The maximum atomic E-state index is 14.3. The molecule has 0 saturated heterocycles. The molecule has 2 fully saturated rings. The number of hydrogen-bond acceptors (Lipinski definition) is 10. The van der Waals surface area contributed by atoms with Gasteiger partial charge in [0, 0.05) is 10.8 Å². The van der Waals surface area contributed by atoms with Crippen LogP contribution in [0, 0.1) is 41.4 Å². The molecule has 2 unspecified atom stereocenters. The number of nitrogens with one attached hydrogen (secondary N) is 1. The maximum Gasteiger partial charge on any atom is 0.417 e. The molecule has 3 aliphatic rings. The lowest BCUT2D eigenvalue weighted by atomic mass is 9.36. The Labute approximate surface area is 260 Å². The number of hydrogen-bond donors (Lipinski definition) is 7. The largest absolute Gasteiger partial charge is 0.505 e. The van der Waals surface area contributed by atoms with E-state index in [9.17, 15) is 44.7 Å². The number of primary amides is 1. The third kappa shape index (κ3) is 4.19. The van der Waals surface area contributed by atoms with Crippen molar-refractivity contribution in [3.05, 3.63) is 53.1 Å². The Morgan fingerprint density at radius 1 is 1.02 bits per heavy atom. The Morgan fingerprint density at radius 3 is 2.18 bits per heavy atom. The molecule has 0 radical (unpaired) electrons. The predicted octanol–water partition coefficient (Wildman–Crippen LogP) is 2.02. The molecular formula is C33H40N2O10. The fourth-order valence-electron chi connectivity index (χ4n) is 8.71. The Bertz CT molecular complexity index is 1590. The smallest absolute Gasteiger partial charge is 0.417 e. The van der Waals surface area contributed by atoms with E-state index in [1.165, 1.54) is 19.1 Å². The van der Waals surface area contributed by atoms with Crippen LogP contribution in [0.4, 0.5) is 10.5 Å². The zero-order valence-electron chi connectivity index (χ0n) is 25.9. The molecule has 12 heteroatoms. The van der Waals surface area contributed by atoms with Gasteiger partial charge < -0.3 is 36.0 Å². The highest BCUT2D eigenvalue weighted by Crippen LogP contribution is 2.68. The molecule has 2 amide bonds. The van der Waals surface area contributed by atoms with E-state index in [-0.39, 0.29) is 17.0 Å². The van der Waals surface area contributed by atoms with Gasteiger partial charge in [0.15, 0.2) is 17.2 Å². The number of phenols is 1. The molecule has 2 aromatic carbocycles. The summed E-state index contributed by atoms with van der Waals surface area (Å²) in [4.78, 5) is 53.3. The quantitative estimate of drug-likeness (QED) is 0.194. The lowest BCUT2D eigenvalue weighted by Gasteiger charge is -2.69. The summed E-state index contributed by atoms with van der Waals surface area (Å²) in [5, 5.41) is 61.5. The van der Waals surface area contributed by atoms with Crippen molar-refractivity contribution in [1.29, 1.82) is 0 Å². The topological polar surface area (TPSA) is 217 Å². The molecule has 5 rings (SSSR count). The van der Waals surface area contributed by atoms with Crippen molar-refractivity contribution in [2.75, 3.05) is 5.32 Å². The number of phenolic OH excluding ortho intramolecular Hbond substituents is 1. The molecule has 242 valence electrons. The molecule has 0 bridgehead atoms. The number of benzene rings is 2. The number of ether oxygens (including phenoxy) is 1. The molecule has 2 saturated carbocycles. The normalized spacial score (nSPS) is 37.4. The van der Waals surface area contributed by atoms with Gasteiger partial charge in [-0.15, -0.1) is 0 Å². The van der Waals surface area contributed by atoms with Crippen molar-refractivity contribution < 1.29 is 49.4 Å². The highest BCUT2D eigenvalue weighted by molar-refractivity contribution is 6.10. The Hall–Kier alpha value is -3.84. The van der Waals surface area contributed by atoms with E-state index in [4.69, 9.17) is 10.5 Å². The van der Waals surface area contributed by atoms with Crippen LogP contribution in [-0.2, 0) is 9.59 Å². The fraction of sp³-hybridized carbons (Fsp3) is 0.515. The molecule has 45 heavy (non-hydrogen) atoms. The SMILES string of the molecule is Cc1ccc(OC(=O)Nc2ccc3c(c2O)C(=O)[C@@H]2C(O)[C@@]4(O)C(=O)[C@H](C(N)=O)C(O)[C@H](C(C)C)[C@@]4(C)[C@H](O)[C@@]2(C)[C@@H]3C)cc1. The van der Waals surface area contributed by atoms with Crippen molar-refractivity contribution in [2.45, 2.75) is 71.4 Å². The van der Waals surface area contributed by atoms with Crippen LogP contribution in [0.15, 0.2) is 36.4 Å². The first-order valence-corrected chi connectivity index (χ1v) is 14.9. The number of carbonyl (C=O) groups excluding carboxylic acids is 4. The number of ketones is 2. The van der Waals surface area contributed by atoms with E-state index in [2.05, 4.69) is 5.32 Å². The van der Waals surface area contributed by atoms with E-state index in [0.29, 0.717) is 5.56 Å². The average molecular weight is 625 g/mol. The number of aliphatic hydroxyl groups excluding tert-OH is 3. The van der Waals surface area contributed by atoms with Crippen LogP contribution in [0.5, 0.6) is 11.5 Å². The summed E-state index contributed by atoms with van der Waals surface area (Å²) in [6.07, 6.45) is -6.48. The summed E-state index contributed by atoms with van der Waals surface area (Å²) in [5.41, 5.74) is -0.0658. The van der Waals surface area contributed by atoms with E-state index in [0.717, 1.165) is 5.56 Å². The summed E-state index contributed by atoms with van der Waals surface area (Å²) in [5.74, 6) is -9.76. The van der Waals surface area contributed by atoms with Gasteiger partial charge in [0.25, 0.3) is 0 Å². The van der Waals surface area contributed by atoms with Gasteiger partial charge in [-0.1, -0.05) is 58.4 Å². The number of anilines is 1. The van der Waals surface area contributed by atoms with Crippen molar-refractivity contribution in [3.8, 4) is 11.5 Å². The molecular weight excluding hydrogens is 584 g/mol. The molecule has 0 aliphatic heterocycles. The lowest BCUT2D eigenvalue weighted by Crippen LogP contribution is -2.83. The minimum Gasteiger partial charge on any atom is -0.505 e.